The highest BCUT2D eigenvalue weighted by Gasteiger charge is 2.07. The average Bonchev–Trinajstić information content (AvgIpc) is 2.14. The van der Waals surface area contributed by atoms with Gasteiger partial charge in [0.25, 0.3) is 0 Å². The number of ether oxygens (including phenoxy) is 1. The van der Waals surface area contributed by atoms with Gasteiger partial charge in [-0.2, -0.15) is 0 Å². The van der Waals surface area contributed by atoms with Crippen LogP contribution in [0.3, 0.4) is 0 Å². The molecule has 0 aliphatic carbocycles. The number of rotatable bonds is 6. The van der Waals surface area contributed by atoms with Gasteiger partial charge in [-0.3, -0.25) is 0 Å². The summed E-state index contributed by atoms with van der Waals surface area (Å²) in [7, 11) is 0. The van der Waals surface area contributed by atoms with Gasteiger partial charge in [-0.25, -0.2) is 0 Å². The quantitative estimate of drug-likeness (QED) is 0.472. The van der Waals surface area contributed by atoms with Crippen molar-refractivity contribution in [1.29, 1.82) is 0 Å². The largest absolute Gasteiger partial charge is 0.363 e. The third kappa shape index (κ3) is 13.5. The molecule has 0 aliphatic rings. The Labute approximate surface area is 95.6 Å². The van der Waals surface area contributed by atoms with Gasteiger partial charge < -0.3 is 4.74 Å². The van der Waals surface area contributed by atoms with Crippen molar-refractivity contribution in [2.75, 3.05) is 6.61 Å². The van der Waals surface area contributed by atoms with Gasteiger partial charge in [0.15, 0.2) is 0 Å². The zero-order valence-corrected chi connectivity index (χ0v) is 10.9. The summed E-state index contributed by atoms with van der Waals surface area (Å²) in [6, 6.07) is 0. The summed E-state index contributed by atoms with van der Waals surface area (Å²) in [6.45, 7) is 8.97. The van der Waals surface area contributed by atoms with Crippen LogP contribution in [-0.4, -0.2) is 12.2 Å². The fraction of sp³-hybridized carbons (Fsp3) is 0.857. The highest BCUT2D eigenvalue weighted by Crippen LogP contribution is 2.05. The standard InChI is InChI=1S/C14H26O/c1-5-6-7-8-9-10-11-12-13-15-14(2,3)4/h5-10,13H2,1-4H3. The molecule has 1 heteroatoms. The van der Waals surface area contributed by atoms with Crippen LogP contribution >= 0.6 is 0 Å². The first-order valence-corrected chi connectivity index (χ1v) is 6.16. The molecule has 0 bridgehead atoms. The molecule has 0 aliphatic heterocycles. The maximum absolute atomic E-state index is 5.50. The van der Waals surface area contributed by atoms with Gasteiger partial charge in [0.05, 0.1) is 5.60 Å². The summed E-state index contributed by atoms with van der Waals surface area (Å²) >= 11 is 0. The summed E-state index contributed by atoms with van der Waals surface area (Å²) in [5.41, 5.74) is -0.0597. The van der Waals surface area contributed by atoms with Gasteiger partial charge in [-0.05, 0) is 27.2 Å². The lowest BCUT2D eigenvalue weighted by molar-refractivity contribution is 0.0181. The molecule has 0 aromatic heterocycles. The second-order valence-electron chi connectivity index (χ2n) is 4.92. The van der Waals surface area contributed by atoms with Gasteiger partial charge in [0.2, 0.25) is 0 Å². The predicted molar refractivity (Wildman–Crippen MR) is 66.9 cm³/mol. The van der Waals surface area contributed by atoms with E-state index >= 15 is 0 Å². The van der Waals surface area contributed by atoms with Crippen LogP contribution in [-0.2, 0) is 4.74 Å². The van der Waals surface area contributed by atoms with Crippen LogP contribution < -0.4 is 0 Å². The minimum Gasteiger partial charge on any atom is -0.363 e. The Morgan fingerprint density at radius 2 is 1.60 bits per heavy atom. The lowest BCUT2D eigenvalue weighted by Crippen LogP contribution is -2.18. The van der Waals surface area contributed by atoms with E-state index in [-0.39, 0.29) is 5.60 Å². The lowest BCUT2D eigenvalue weighted by atomic mass is 10.1. The van der Waals surface area contributed by atoms with Crippen molar-refractivity contribution < 1.29 is 4.74 Å². The fourth-order valence-electron chi connectivity index (χ4n) is 1.21. The van der Waals surface area contributed by atoms with Gasteiger partial charge >= 0.3 is 0 Å². The molecular formula is C14H26O. The fourth-order valence-corrected chi connectivity index (χ4v) is 1.21. The molecular weight excluding hydrogens is 184 g/mol. The monoisotopic (exact) mass is 210 g/mol. The molecule has 0 heterocycles. The molecule has 0 aromatic carbocycles. The lowest BCUT2D eigenvalue weighted by Gasteiger charge is -2.16. The molecule has 15 heavy (non-hydrogen) atoms. The molecule has 0 fully saturated rings. The molecule has 0 saturated heterocycles. The third-order valence-electron chi connectivity index (χ3n) is 2.11. The Kier molecular flexibility index (Phi) is 8.52. The highest BCUT2D eigenvalue weighted by atomic mass is 16.5. The van der Waals surface area contributed by atoms with Crippen molar-refractivity contribution >= 4 is 0 Å². The van der Waals surface area contributed by atoms with Crippen LogP contribution in [0.1, 0.15) is 66.2 Å². The van der Waals surface area contributed by atoms with Gasteiger partial charge in [-0.15, -0.1) is 5.92 Å². The van der Waals surface area contributed by atoms with Crippen LogP contribution in [0.4, 0.5) is 0 Å². The van der Waals surface area contributed by atoms with Crippen molar-refractivity contribution in [3.63, 3.8) is 0 Å². The van der Waals surface area contributed by atoms with Gasteiger partial charge in [0.1, 0.15) is 6.61 Å². The smallest absolute Gasteiger partial charge is 0.108 e. The summed E-state index contributed by atoms with van der Waals surface area (Å²) in [4.78, 5) is 0. The Balaban J connectivity index is 3.25. The van der Waals surface area contributed by atoms with E-state index in [1.54, 1.807) is 0 Å². The summed E-state index contributed by atoms with van der Waals surface area (Å²) < 4.78 is 5.50. The number of unbranched alkanes of at least 4 members (excludes halogenated alkanes) is 5. The summed E-state index contributed by atoms with van der Waals surface area (Å²) in [5.74, 6) is 6.22. The predicted octanol–water partition coefficient (Wildman–Crippen LogP) is 4.17. The second-order valence-corrected chi connectivity index (χ2v) is 4.92. The average molecular weight is 210 g/mol. The molecule has 0 unspecified atom stereocenters. The van der Waals surface area contributed by atoms with Crippen LogP contribution in [0.5, 0.6) is 0 Å². The Morgan fingerprint density at radius 1 is 0.933 bits per heavy atom. The van der Waals surface area contributed by atoms with Gasteiger partial charge in [0, 0.05) is 6.42 Å². The molecule has 0 amide bonds. The third-order valence-corrected chi connectivity index (χ3v) is 2.11. The molecule has 0 atom stereocenters. The molecule has 0 spiro atoms. The first-order valence-electron chi connectivity index (χ1n) is 6.16. The van der Waals surface area contributed by atoms with Crippen LogP contribution in [0.15, 0.2) is 0 Å². The van der Waals surface area contributed by atoms with E-state index in [9.17, 15) is 0 Å². The Morgan fingerprint density at radius 3 is 2.20 bits per heavy atom. The molecule has 0 N–H and O–H groups in total. The summed E-state index contributed by atoms with van der Waals surface area (Å²) in [5, 5.41) is 0. The van der Waals surface area contributed by atoms with Crippen LogP contribution in [0, 0.1) is 11.8 Å². The van der Waals surface area contributed by atoms with Crippen molar-refractivity contribution in [2.24, 2.45) is 0 Å². The maximum atomic E-state index is 5.50. The topological polar surface area (TPSA) is 9.23 Å². The molecule has 0 rings (SSSR count). The molecule has 0 saturated carbocycles. The van der Waals surface area contributed by atoms with Crippen LogP contribution in [0.2, 0.25) is 0 Å². The molecule has 88 valence electrons. The Hall–Kier alpha value is -0.480. The zero-order chi connectivity index (χ0) is 11.6. The van der Waals surface area contributed by atoms with Crippen molar-refractivity contribution in [3.8, 4) is 11.8 Å². The van der Waals surface area contributed by atoms with Crippen molar-refractivity contribution in [3.05, 3.63) is 0 Å². The van der Waals surface area contributed by atoms with E-state index in [2.05, 4.69) is 39.5 Å². The van der Waals surface area contributed by atoms with E-state index in [1.165, 1.54) is 32.1 Å². The minimum atomic E-state index is -0.0597. The number of hydrogen-bond acceptors (Lipinski definition) is 1. The molecule has 0 aromatic rings. The van der Waals surface area contributed by atoms with E-state index in [0.29, 0.717) is 6.61 Å². The summed E-state index contributed by atoms with van der Waals surface area (Å²) in [6.07, 6.45) is 7.62. The maximum Gasteiger partial charge on any atom is 0.108 e. The van der Waals surface area contributed by atoms with Gasteiger partial charge in [-0.1, -0.05) is 38.5 Å². The van der Waals surface area contributed by atoms with E-state index in [1.807, 2.05) is 0 Å². The first kappa shape index (κ1) is 14.5. The van der Waals surface area contributed by atoms with E-state index in [0.717, 1.165) is 6.42 Å². The van der Waals surface area contributed by atoms with E-state index in [4.69, 9.17) is 4.74 Å². The van der Waals surface area contributed by atoms with Crippen molar-refractivity contribution in [2.45, 2.75) is 71.8 Å². The SMILES string of the molecule is CCCCCCCC#CCOC(C)(C)C. The van der Waals surface area contributed by atoms with Crippen molar-refractivity contribution in [1.82, 2.24) is 0 Å². The molecule has 1 nitrogen and oxygen atoms in total. The van der Waals surface area contributed by atoms with E-state index < -0.39 is 0 Å². The zero-order valence-electron chi connectivity index (χ0n) is 10.9. The molecule has 0 radical (unpaired) electrons. The minimum absolute atomic E-state index is 0.0597. The normalized spacial score (nSPS) is 10.9. The first-order chi connectivity index (χ1) is 7.06. The highest BCUT2D eigenvalue weighted by molar-refractivity contribution is 4.99. The number of hydrogen-bond donors (Lipinski definition) is 0. The Bertz CT molecular complexity index is 190. The van der Waals surface area contributed by atoms with Crippen LogP contribution in [0.25, 0.3) is 0 Å². The second kappa shape index (κ2) is 8.80.